The molecule has 1 fully saturated rings. The SMILES string of the molecule is CNC(=O)c1cccc(-c2cccc(CC(O)(C(=O)Nc3ccc(C#N)c(C(F)(F)F)c3)C3CCN(C(=O)c4ccccc4)CC3)c2)c1. The lowest BCUT2D eigenvalue weighted by Gasteiger charge is -2.40. The molecule has 1 aliphatic rings. The van der Waals surface area contributed by atoms with E-state index in [1.54, 1.807) is 71.6 Å². The molecule has 48 heavy (non-hydrogen) atoms. The number of aliphatic hydroxyl groups is 1. The number of hydrogen-bond donors (Lipinski definition) is 3. The molecule has 0 aliphatic carbocycles. The zero-order valence-electron chi connectivity index (χ0n) is 26.1. The van der Waals surface area contributed by atoms with E-state index in [-0.39, 0.29) is 49.9 Å². The number of alkyl halides is 3. The lowest BCUT2D eigenvalue weighted by Crippen LogP contribution is -2.54. The van der Waals surface area contributed by atoms with Crippen LogP contribution in [0.25, 0.3) is 11.1 Å². The predicted octanol–water partition coefficient (Wildman–Crippen LogP) is 6.07. The van der Waals surface area contributed by atoms with Crippen molar-refractivity contribution in [1.82, 2.24) is 10.2 Å². The van der Waals surface area contributed by atoms with E-state index < -0.39 is 34.7 Å². The molecule has 8 nitrogen and oxygen atoms in total. The Bertz CT molecular complexity index is 1860. The second-order valence-electron chi connectivity index (χ2n) is 11.7. The Hall–Kier alpha value is -5.47. The number of carbonyl (C=O) groups excluding carboxylic acids is 3. The van der Waals surface area contributed by atoms with Gasteiger partial charge in [0.15, 0.2) is 0 Å². The monoisotopic (exact) mass is 654 g/mol. The molecule has 1 heterocycles. The second kappa shape index (κ2) is 14.1. The molecule has 0 aromatic heterocycles. The molecular weight excluding hydrogens is 621 g/mol. The molecular formula is C37H33F3N4O4. The first-order chi connectivity index (χ1) is 22.9. The van der Waals surface area contributed by atoms with Gasteiger partial charge < -0.3 is 20.6 Å². The summed E-state index contributed by atoms with van der Waals surface area (Å²) >= 11 is 0. The van der Waals surface area contributed by atoms with Crippen LogP contribution in [0.5, 0.6) is 0 Å². The largest absolute Gasteiger partial charge is 0.417 e. The standard InChI is InChI=1S/C37H33F3N4O4/c1-42-33(45)28-12-6-11-27(20-28)26-10-5-7-24(19-26)22-36(48,30-15-17-44(18-16-30)34(46)25-8-3-2-4-9-25)35(47)43-31-14-13-29(23-41)32(21-31)37(38,39)40/h2-14,19-21,30,48H,15-18,22H2,1H3,(H,42,45)(H,43,47). The van der Waals surface area contributed by atoms with Crippen LogP contribution in [0.3, 0.4) is 0 Å². The summed E-state index contributed by atoms with van der Waals surface area (Å²) in [6.45, 7) is 0.519. The lowest BCUT2D eigenvalue weighted by atomic mass is 9.75. The molecule has 0 bridgehead atoms. The quantitative estimate of drug-likeness (QED) is 0.213. The van der Waals surface area contributed by atoms with Crippen molar-refractivity contribution >= 4 is 23.4 Å². The Balaban J connectivity index is 1.45. The van der Waals surface area contributed by atoms with E-state index >= 15 is 0 Å². The number of benzene rings is 4. The molecule has 1 saturated heterocycles. The highest BCUT2D eigenvalue weighted by Crippen LogP contribution is 2.36. The summed E-state index contributed by atoms with van der Waals surface area (Å²) in [5, 5.41) is 26.5. The Morgan fingerprint density at radius 2 is 1.52 bits per heavy atom. The zero-order valence-corrected chi connectivity index (χ0v) is 26.1. The van der Waals surface area contributed by atoms with Crippen molar-refractivity contribution in [2.75, 3.05) is 25.5 Å². The molecule has 0 radical (unpaired) electrons. The van der Waals surface area contributed by atoms with Crippen LogP contribution in [0.4, 0.5) is 18.9 Å². The number of piperidine rings is 1. The Labute approximate surface area is 275 Å². The molecule has 11 heteroatoms. The van der Waals surface area contributed by atoms with Gasteiger partial charge in [-0.2, -0.15) is 18.4 Å². The average molecular weight is 655 g/mol. The molecule has 246 valence electrons. The number of carbonyl (C=O) groups is 3. The van der Waals surface area contributed by atoms with Crippen LogP contribution in [-0.2, 0) is 17.4 Å². The van der Waals surface area contributed by atoms with Gasteiger partial charge >= 0.3 is 6.18 Å². The molecule has 5 rings (SSSR count). The van der Waals surface area contributed by atoms with Gasteiger partial charge in [-0.25, -0.2) is 0 Å². The number of nitriles is 1. The van der Waals surface area contributed by atoms with Crippen LogP contribution >= 0.6 is 0 Å². The molecule has 3 N–H and O–H groups in total. The average Bonchev–Trinajstić information content (AvgIpc) is 3.11. The fourth-order valence-corrected chi connectivity index (χ4v) is 6.08. The fourth-order valence-electron chi connectivity index (χ4n) is 6.08. The van der Waals surface area contributed by atoms with Crippen LogP contribution in [0.1, 0.15) is 50.2 Å². The first-order valence-electron chi connectivity index (χ1n) is 15.3. The second-order valence-corrected chi connectivity index (χ2v) is 11.7. The first-order valence-corrected chi connectivity index (χ1v) is 15.3. The minimum atomic E-state index is -4.84. The van der Waals surface area contributed by atoms with E-state index in [9.17, 15) is 37.9 Å². The van der Waals surface area contributed by atoms with Crippen LogP contribution in [0.2, 0.25) is 0 Å². The van der Waals surface area contributed by atoms with E-state index in [1.165, 1.54) is 19.2 Å². The number of halogens is 3. The van der Waals surface area contributed by atoms with Gasteiger partial charge in [0, 0.05) is 49.3 Å². The van der Waals surface area contributed by atoms with E-state index in [0.717, 1.165) is 17.2 Å². The summed E-state index contributed by atoms with van der Waals surface area (Å²) in [6, 6.07) is 27.2. The summed E-state index contributed by atoms with van der Waals surface area (Å²) in [6.07, 6.45) is -4.49. The predicted molar refractivity (Wildman–Crippen MR) is 174 cm³/mol. The number of anilines is 1. The minimum Gasteiger partial charge on any atom is -0.379 e. The summed E-state index contributed by atoms with van der Waals surface area (Å²) in [4.78, 5) is 40.9. The van der Waals surface area contributed by atoms with Crippen molar-refractivity contribution in [2.45, 2.75) is 31.0 Å². The first kappa shape index (κ1) is 33.9. The molecule has 3 amide bonds. The van der Waals surface area contributed by atoms with Crippen LogP contribution in [0, 0.1) is 17.2 Å². The van der Waals surface area contributed by atoms with Gasteiger partial charge in [0.25, 0.3) is 17.7 Å². The lowest BCUT2D eigenvalue weighted by molar-refractivity contribution is -0.142. The molecule has 1 atom stereocenters. The van der Waals surface area contributed by atoms with Crippen molar-refractivity contribution in [3.8, 4) is 17.2 Å². The highest BCUT2D eigenvalue weighted by molar-refractivity contribution is 5.98. The Kier molecular flexibility index (Phi) is 9.96. The molecule has 0 spiro atoms. The third-order valence-corrected chi connectivity index (χ3v) is 8.66. The molecule has 1 aliphatic heterocycles. The van der Waals surface area contributed by atoms with E-state index in [1.807, 2.05) is 12.1 Å². The number of nitrogens with zero attached hydrogens (tertiary/aromatic N) is 2. The smallest absolute Gasteiger partial charge is 0.379 e. The van der Waals surface area contributed by atoms with Crippen LogP contribution in [0.15, 0.2) is 97.1 Å². The number of likely N-dealkylation sites (tertiary alicyclic amines) is 1. The number of nitrogens with one attached hydrogen (secondary N) is 2. The zero-order chi connectivity index (χ0) is 34.5. The van der Waals surface area contributed by atoms with Gasteiger partial charge in [-0.3, -0.25) is 14.4 Å². The molecule has 1 unspecified atom stereocenters. The van der Waals surface area contributed by atoms with Crippen molar-refractivity contribution in [3.05, 3.63) is 125 Å². The van der Waals surface area contributed by atoms with E-state index in [0.29, 0.717) is 22.8 Å². The summed E-state index contributed by atoms with van der Waals surface area (Å²) in [5.41, 5.74) is -1.10. The third-order valence-electron chi connectivity index (χ3n) is 8.66. The Morgan fingerprint density at radius 3 is 2.17 bits per heavy atom. The van der Waals surface area contributed by atoms with Gasteiger partial charge in [-0.05, 0) is 72.0 Å². The van der Waals surface area contributed by atoms with E-state index in [2.05, 4.69) is 10.6 Å². The van der Waals surface area contributed by atoms with Crippen molar-refractivity contribution in [1.29, 1.82) is 5.26 Å². The van der Waals surface area contributed by atoms with Gasteiger partial charge in [0.05, 0.1) is 17.2 Å². The maximum absolute atomic E-state index is 14.0. The normalized spacial score (nSPS) is 14.8. The van der Waals surface area contributed by atoms with Gasteiger partial charge in [-0.15, -0.1) is 0 Å². The van der Waals surface area contributed by atoms with Crippen molar-refractivity contribution in [2.24, 2.45) is 5.92 Å². The third kappa shape index (κ3) is 7.40. The fraction of sp³-hybridized carbons (Fsp3) is 0.243. The topological polar surface area (TPSA) is 123 Å². The van der Waals surface area contributed by atoms with Crippen LogP contribution in [-0.4, -0.2) is 53.5 Å². The van der Waals surface area contributed by atoms with E-state index in [4.69, 9.17) is 0 Å². The summed E-state index contributed by atoms with van der Waals surface area (Å²) in [7, 11) is 1.53. The maximum atomic E-state index is 14.0. The highest BCUT2D eigenvalue weighted by Gasteiger charge is 2.46. The van der Waals surface area contributed by atoms with Crippen LogP contribution < -0.4 is 10.6 Å². The highest BCUT2D eigenvalue weighted by atomic mass is 19.4. The molecule has 0 saturated carbocycles. The van der Waals surface area contributed by atoms with Crippen molar-refractivity contribution < 1.29 is 32.7 Å². The van der Waals surface area contributed by atoms with Gasteiger partial charge in [0.1, 0.15) is 5.60 Å². The summed E-state index contributed by atoms with van der Waals surface area (Å²) in [5.74, 6) is -1.99. The molecule has 4 aromatic rings. The number of hydrogen-bond acceptors (Lipinski definition) is 5. The maximum Gasteiger partial charge on any atom is 0.417 e. The van der Waals surface area contributed by atoms with Gasteiger partial charge in [0.2, 0.25) is 0 Å². The summed E-state index contributed by atoms with van der Waals surface area (Å²) < 4.78 is 41.1. The van der Waals surface area contributed by atoms with Gasteiger partial charge in [-0.1, -0.05) is 54.6 Å². The van der Waals surface area contributed by atoms with Crippen molar-refractivity contribution in [3.63, 3.8) is 0 Å². The number of amides is 3. The minimum absolute atomic E-state index is 0.175. The Morgan fingerprint density at radius 1 is 0.875 bits per heavy atom. The number of rotatable bonds is 8. The molecule has 4 aromatic carbocycles.